The molecular formula is C12H17BNO5-. The molecule has 0 spiro atoms. The molecule has 104 valence electrons. The molecule has 4 N–H and O–H groups in total. The molecule has 1 amide bonds. The van der Waals surface area contributed by atoms with Gasteiger partial charge in [0.2, 0.25) is 0 Å². The first-order chi connectivity index (χ1) is 8.97. The molecule has 0 bridgehead atoms. The molecule has 1 aromatic rings. The van der Waals surface area contributed by atoms with E-state index < -0.39 is 6.75 Å². The fourth-order valence-electron chi connectivity index (χ4n) is 2.03. The monoisotopic (exact) mass is 266 g/mol. The van der Waals surface area contributed by atoms with Crippen molar-refractivity contribution in [3.8, 4) is 0 Å². The molecule has 1 heterocycles. The number of nitrogens with one attached hydrogen (secondary N) is 1. The van der Waals surface area contributed by atoms with E-state index in [4.69, 9.17) is 19.8 Å². The fraction of sp³-hybridized carbons (Fsp3) is 0.417. The predicted molar refractivity (Wildman–Crippen MR) is 69.8 cm³/mol. The van der Waals surface area contributed by atoms with Gasteiger partial charge in [0.15, 0.2) is 0 Å². The Morgan fingerprint density at radius 2 is 2.21 bits per heavy atom. The molecule has 19 heavy (non-hydrogen) atoms. The van der Waals surface area contributed by atoms with Crippen LogP contribution in [-0.4, -0.2) is 47.0 Å². The maximum atomic E-state index is 11.9. The normalized spacial score (nSPS) is 19.4. The minimum Gasteiger partial charge on any atom is -0.556 e. The molecule has 2 rings (SSSR count). The van der Waals surface area contributed by atoms with Crippen LogP contribution in [0.15, 0.2) is 24.3 Å². The van der Waals surface area contributed by atoms with Crippen LogP contribution in [0.4, 0.5) is 0 Å². The molecule has 0 aliphatic carbocycles. The Kier molecular flexibility index (Phi) is 4.21. The number of hydrogen-bond acceptors (Lipinski definition) is 5. The van der Waals surface area contributed by atoms with Crippen LogP contribution in [0, 0.1) is 0 Å². The highest BCUT2D eigenvalue weighted by Crippen LogP contribution is 2.10. The zero-order valence-electron chi connectivity index (χ0n) is 10.5. The van der Waals surface area contributed by atoms with Crippen molar-refractivity contribution in [1.29, 1.82) is 0 Å². The first-order valence-electron chi connectivity index (χ1n) is 6.28. The largest absolute Gasteiger partial charge is 0.556 e. The van der Waals surface area contributed by atoms with Crippen molar-refractivity contribution in [2.75, 3.05) is 13.2 Å². The molecule has 0 aromatic heterocycles. The highest BCUT2D eigenvalue weighted by molar-refractivity contribution is 6.71. The van der Waals surface area contributed by atoms with Crippen molar-refractivity contribution >= 4 is 18.1 Å². The minimum absolute atomic E-state index is 0.0453. The van der Waals surface area contributed by atoms with Gasteiger partial charge in [0.05, 0.1) is 6.10 Å². The third-order valence-electron chi connectivity index (χ3n) is 3.11. The van der Waals surface area contributed by atoms with Gasteiger partial charge in [-0.25, -0.2) is 0 Å². The summed E-state index contributed by atoms with van der Waals surface area (Å²) in [5.41, 5.74) is 0.170. The quantitative estimate of drug-likeness (QED) is 0.509. The lowest BCUT2D eigenvalue weighted by atomic mass is 9.70. The first-order valence-corrected chi connectivity index (χ1v) is 6.28. The van der Waals surface area contributed by atoms with Crippen LogP contribution in [0.5, 0.6) is 0 Å². The number of amides is 1. The van der Waals surface area contributed by atoms with E-state index in [0.29, 0.717) is 6.54 Å². The Balaban J connectivity index is 1.98. The Morgan fingerprint density at radius 3 is 2.84 bits per heavy atom. The summed E-state index contributed by atoms with van der Waals surface area (Å²) in [5, 5.41) is 30.1. The van der Waals surface area contributed by atoms with Gasteiger partial charge in [0.1, 0.15) is 0 Å². The molecule has 1 aliphatic heterocycles. The molecule has 1 aromatic carbocycles. The second kappa shape index (κ2) is 5.71. The Bertz CT molecular complexity index is 454. The summed E-state index contributed by atoms with van der Waals surface area (Å²) in [6.45, 7) is -2.43. The van der Waals surface area contributed by atoms with Crippen molar-refractivity contribution in [3.05, 3.63) is 29.8 Å². The number of carbonyl (C=O) groups is 1. The molecule has 0 radical (unpaired) electrons. The Hall–Kier alpha value is -1.41. The van der Waals surface area contributed by atoms with Crippen LogP contribution in [0.25, 0.3) is 0 Å². The molecule has 1 saturated heterocycles. The van der Waals surface area contributed by atoms with Gasteiger partial charge in [-0.2, -0.15) is 0 Å². The summed E-state index contributed by atoms with van der Waals surface area (Å²) in [4.78, 5) is 11.9. The summed E-state index contributed by atoms with van der Waals surface area (Å²) in [7, 11) is 0. The summed E-state index contributed by atoms with van der Waals surface area (Å²) in [6.07, 6.45) is 1.97. The maximum absolute atomic E-state index is 11.9. The smallest absolute Gasteiger partial charge is 0.402 e. The average molecular weight is 266 g/mol. The standard InChI is InChI=1S/C12H17BNO5/c15-12(14-8-11-5-2-6-19-11)9-3-1-4-10(7-9)13(16,17)18/h1,3-4,7,11,16-18H,2,5-6,8H2,(H,14,15)/q-1/t11-/m1/s1. The van der Waals surface area contributed by atoms with Gasteiger partial charge in [0.25, 0.3) is 5.91 Å². The van der Waals surface area contributed by atoms with E-state index in [0.717, 1.165) is 19.4 Å². The molecule has 1 fully saturated rings. The van der Waals surface area contributed by atoms with Crippen LogP contribution in [0.1, 0.15) is 23.2 Å². The summed E-state index contributed by atoms with van der Waals surface area (Å²) < 4.78 is 5.39. The molecule has 0 saturated carbocycles. The maximum Gasteiger partial charge on any atom is 0.402 e. The zero-order valence-corrected chi connectivity index (χ0v) is 10.5. The van der Waals surface area contributed by atoms with Gasteiger partial charge < -0.3 is 25.1 Å². The number of carbonyl (C=O) groups excluding carboxylic acids is 1. The number of benzene rings is 1. The van der Waals surface area contributed by atoms with E-state index >= 15 is 0 Å². The molecule has 7 heteroatoms. The number of ether oxygens (including phenoxy) is 1. The van der Waals surface area contributed by atoms with Crippen molar-refractivity contribution in [3.63, 3.8) is 0 Å². The Morgan fingerprint density at radius 1 is 1.42 bits per heavy atom. The van der Waals surface area contributed by atoms with Crippen molar-refractivity contribution in [2.24, 2.45) is 0 Å². The van der Waals surface area contributed by atoms with Gasteiger partial charge >= 0.3 is 6.75 Å². The number of rotatable bonds is 4. The minimum atomic E-state index is -3.58. The summed E-state index contributed by atoms with van der Waals surface area (Å²) in [6, 6.07) is 5.62. The van der Waals surface area contributed by atoms with Crippen LogP contribution in [0.2, 0.25) is 0 Å². The van der Waals surface area contributed by atoms with E-state index in [2.05, 4.69) is 5.32 Å². The topological polar surface area (TPSA) is 99.0 Å². The Labute approximate surface area is 111 Å². The predicted octanol–water partition coefficient (Wildman–Crippen LogP) is -1.28. The SMILES string of the molecule is O=C(NC[C@H]1CCCO1)c1cccc([B-](O)(O)O)c1. The van der Waals surface area contributed by atoms with E-state index in [-0.39, 0.29) is 23.0 Å². The zero-order chi connectivity index (χ0) is 13.9. The van der Waals surface area contributed by atoms with Gasteiger partial charge in [-0.1, -0.05) is 18.2 Å². The van der Waals surface area contributed by atoms with Crippen molar-refractivity contribution < 1.29 is 24.6 Å². The lowest BCUT2D eigenvalue weighted by molar-refractivity contribution is 0.0858. The molecular weight excluding hydrogens is 249 g/mol. The lowest BCUT2D eigenvalue weighted by Gasteiger charge is -2.21. The van der Waals surface area contributed by atoms with E-state index in [1.807, 2.05) is 0 Å². The molecule has 1 atom stereocenters. The number of hydrogen-bond donors (Lipinski definition) is 4. The summed E-state index contributed by atoms with van der Waals surface area (Å²) in [5.74, 6) is -0.336. The second-order valence-electron chi connectivity index (χ2n) is 4.70. The summed E-state index contributed by atoms with van der Waals surface area (Å²) >= 11 is 0. The third kappa shape index (κ3) is 3.78. The second-order valence-corrected chi connectivity index (χ2v) is 4.70. The van der Waals surface area contributed by atoms with E-state index in [1.165, 1.54) is 24.3 Å². The average Bonchev–Trinajstić information content (AvgIpc) is 2.88. The highest BCUT2D eigenvalue weighted by atomic mass is 16.5. The van der Waals surface area contributed by atoms with Gasteiger partial charge in [-0.3, -0.25) is 4.79 Å². The van der Waals surface area contributed by atoms with Gasteiger partial charge in [-0.05, 0) is 18.9 Å². The molecule has 0 unspecified atom stereocenters. The van der Waals surface area contributed by atoms with Gasteiger partial charge in [0, 0.05) is 18.7 Å². The highest BCUT2D eigenvalue weighted by Gasteiger charge is 2.20. The lowest BCUT2D eigenvalue weighted by Crippen LogP contribution is -2.49. The third-order valence-corrected chi connectivity index (χ3v) is 3.11. The van der Waals surface area contributed by atoms with Crippen molar-refractivity contribution in [1.82, 2.24) is 5.32 Å². The van der Waals surface area contributed by atoms with Crippen LogP contribution in [0.3, 0.4) is 0 Å². The first kappa shape index (κ1) is 14.0. The fourth-order valence-corrected chi connectivity index (χ4v) is 2.03. The molecule has 6 nitrogen and oxygen atoms in total. The van der Waals surface area contributed by atoms with Crippen LogP contribution < -0.4 is 10.8 Å². The van der Waals surface area contributed by atoms with E-state index in [9.17, 15) is 4.79 Å². The van der Waals surface area contributed by atoms with Crippen molar-refractivity contribution in [2.45, 2.75) is 18.9 Å². The van der Waals surface area contributed by atoms with E-state index in [1.54, 1.807) is 0 Å². The van der Waals surface area contributed by atoms with Crippen LogP contribution in [-0.2, 0) is 4.74 Å². The van der Waals surface area contributed by atoms with Crippen LogP contribution >= 0.6 is 0 Å². The van der Waals surface area contributed by atoms with Gasteiger partial charge in [-0.15, -0.1) is 5.46 Å². The molecule has 1 aliphatic rings.